The summed E-state index contributed by atoms with van der Waals surface area (Å²) in [7, 11) is 2.69. The van der Waals surface area contributed by atoms with Crippen molar-refractivity contribution >= 4 is 34.0 Å². The normalized spacial score (nSPS) is 10.2. The number of rotatable bonds is 8. The van der Waals surface area contributed by atoms with E-state index in [4.69, 9.17) is 14.2 Å². The van der Waals surface area contributed by atoms with Gasteiger partial charge < -0.3 is 14.2 Å². The molecule has 1 aromatic heterocycles. The Morgan fingerprint density at radius 3 is 2.52 bits per heavy atom. The van der Waals surface area contributed by atoms with Crippen LogP contribution in [0.1, 0.15) is 23.0 Å². The van der Waals surface area contributed by atoms with Crippen molar-refractivity contribution in [1.29, 1.82) is 0 Å². The van der Waals surface area contributed by atoms with Gasteiger partial charge in [-0.3, -0.25) is 25.0 Å². The zero-order valence-corrected chi connectivity index (χ0v) is 15.6. The quantitative estimate of drug-likeness (QED) is 0.410. The zero-order valence-electron chi connectivity index (χ0n) is 14.8. The Bertz CT molecular complexity index is 866. The molecule has 1 N–H and O–H groups in total. The van der Waals surface area contributed by atoms with E-state index in [2.05, 4.69) is 10.3 Å². The number of nitrogens with one attached hydrogen (secondary N) is 1. The summed E-state index contributed by atoms with van der Waals surface area (Å²) in [4.78, 5) is 38.7. The molecule has 0 unspecified atom stereocenters. The van der Waals surface area contributed by atoms with Crippen molar-refractivity contribution in [2.75, 3.05) is 26.1 Å². The van der Waals surface area contributed by atoms with E-state index in [1.807, 2.05) is 0 Å². The van der Waals surface area contributed by atoms with Crippen molar-refractivity contribution in [3.63, 3.8) is 0 Å². The molecule has 144 valence electrons. The average molecular weight is 395 g/mol. The molecule has 0 aliphatic heterocycles. The van der Waals surface area contributed by atoms with Crippen molar-refractivity contribution in [3.8, 4) is 11.5 Å². The van der Waals surface area contributed by atoms with Crippen LogP contribution < -0.4 is 14.8 Å². The standard InChI is InChI=1S/C16H17N3O7S/c1-4-26-14(20)5-9-8-27-16(17-9)18-15(21)10-6-12(24-2)13(25-3)7-11(10)19(22)23/h6-8H,4-5H2,1-3H3,(H,17,18,21). The highest BCUT2D eigenvalue weighted by molar-refractivity contribution is 7.14. The number of benzene rings is 1. The summed E-state index contributed by atoms with van der Waals surface area (Å²) in [6.07, 6.45) is -0.0310. The Balaban J connectivity index is 2.24. The number of ether oxygens (including phenoxy) is 3. The summed E-state index contributed by atoms with van der Waals surface area (Å²) >= 11 is 1.09. The number of nitro benzene ring substituents is 1. The van der Waals surface area contributed by atoms with E-state index >= 15 is 0 Å². The molecule has 1 aromatic carbocycles. The summed E-state index contributed by atoms with van der Waals surface area (Å²) < 4.78 is 14.9. The van der Waals surface area contributed by atoms with E-state index in [1.165, 1.54) is 20.3 Å². The van der Waals surface area contributed by atoms with Crippen molar-refractivity contribution in [1.82, 2.24) is 4.98 Å². The maximum atomic E-state index is 12.5. The molecule has 0 aliphatic rings. The molecule has 0 saturated carbocycles. The maximum Gasteiger partial charge on any atom is 0.311 e. The minimum atomic E-state index is -0.736. The minimum absolute atomic E-state index is 0.0310. The van der Waals surface area contributed by atoms with Gasteiger partial charge in [0.2, 0.25) is 0 Å². The van der Waals surface area contributed by atoms with Crippen molar-refractivity contribution < 1.29 is 28.7 Å². The largest absolute Gasteiger partial charge is 0.493 e. The Kier molecular flexibility index (Phi) is 6.66. The average Bonchev–Trinajstić information content (AvgIpc) is 3.07. The van der Waals surface area contributed by atoms with Gasteiger partial charge in [0.15, 0.2) is 16.6 Å². The van der Waals surface area contributed by atoms with Gasteiger partial charge in [-0.15, -0.1) is 11.3 Å². The molecule has 0 radical (unpaired) electrons. The number of hydrogen-bond donors (Lipinski definition) is 1. The van der Waals surface area contributed by atoms with Gasteiger partial charge >= 0.3 is 5.97 Å². The molecule has 10 nitrogen and oxygen atoms in total. The number of methoxy groups -OCH3 is 2. The Morgan fingerprint density at radius 1 is 1.26 bits per heavy atom. The second-order valence-corrected chi connectivity index (χ2v) is 5.92. The Morgan fingerprint density at radius 2 is 1.93 bits per heavy atom. The van der Waals surface area contributed by atoms with E-state index in [9.17, 15) is 19.7 Å². The lowest BCUT2D eigenvalue weighted by molar-refractivity contribution is -0.385. The van der Waals surface area contributed by atoms with E-state index in [1.54, 1.807) is 12.3 Å². The fraction of sp³-hybridized carbons (Fsp3) is 0.312. The molecular weight excluding hydrogens is 378 g/mol. The van der Waals surface area contributed by atoms with Crippen LogP contribution in [0, 0.1) is 10.1 Å². The number of carbonyl (C=O) groups excluding carboxylic acids is 2. The van der Waals surface area contributed by atoms with Crippen molar-refractivity contribution in [2.45, 2.75) is 13.3 Å². The first-order valence-corrected chi connectivity index (χ1v) is 8.59. The Labute approximate surface area is 158 Å². The SMILES string of the molecule is CCOC(=O)Cc1csc(NC(=O)c2cc(OC)c(OC)cc2[N+](=O)[O-])n1. The molecular formula is C16H17N3O7S. The highest BCUT2D eigenvalue weighted by atomic mass is 32.1. The summed E-state index contributed by atoms with van der Waals surface area (Å²) in [5, 5.41) is 15.6. The lowest BCUT2D eigenvalue weighted by atomic mass is 10.1. The van der Waals surface area contributed by atoms with Crippen LogP contribution in [0.2, 0.25) is 0 Å². The van der Waals surface area contributed by atoms with Crippen LogP contribution in [-0.2, 0) is 16.0 Å². The van der Waals surface area contributed by atoms with Crippen LogP contribution in [-0.4, -0.2) is 42.6 Å². The molecule has 0 spiro atoms. The maximum absolute atomic E-state index is 12.5. The zero-order chi connectivity index (χ0) is 20.0. The van der Waals surface area contributed by atoms with Crippen LogP contribution in [0.3, 0.4) is 0 Å². The molecule has 0 aliphatic carbocycles. The molecule has 2 rings (SSSR count). The third-order valence-corrected chi connectivity index (χ3v) is 4.15. The molecule has 0 saturated heterocycles. The first kappa shape index (κ1) is 20.1. The first-order chi connectivity index (χ1) is 12.9. The lowest BCUT2D eigenvalue weighted by Crippen LogP contribution is -2.14. The van der Waals surface area contributed by atoms with E-state index in [0.29, 0.717) is 5.69 Å². The van der Waals surface area contributed by atoms with Crippen LogP contribution >= 0.6 is 11.3 Å². The van der Waals surface area contributed by atoms with Gasteiger partial charge in [-0.05, 0) is 6.92 Å². The van der Waals surface area contributed by atoms with E-state index < -0.39 is 22.5 Å². The second kappa shape index (κ2) is 8.94. The van der Waals surface area contributed by atoms with Gasteiger partial charge in [0.05, 0.1) is 43.9 Å². The molecule has 1 heterocycles. The number of hydrogen-bond acceptors (Lipinski definition) is 9. The molecule has 0 fully saturated rings. The van der Waals surface area contributed by atoms with Gasteiger partial charge in [0, 0.05) is 11.4 Å². The topological polar surface area (TPSA) is 130 Å². The van der Waals surface area contributed by atoms with Gasteiger partial charge in [0.1, 0.15) is 5.56 Å². The monoisotopic (exact) mass is 395 g/mol. The number of nitro groups is 1. The number of carbonyl (C=O) groups is 2. The highest BCUT2D eigenvalue weighted by Gasteiger charge is 2.25. The molecule has 2 aromatic rings. The third kappa shape index (κ3) is 4.91. The number of anilines is 1. The number of aromatic nitrogens is 1. The summed E-state index contributed by atoms with van der Waals surface area (Å²) in [6.45, 7) is 1.95. The fourth-order valence-corrected chi connectivity index (χ4v) is 2.88. The first-order valence-electron chi connectivity index (χ1n) is 7.71. The lowest BCUT2D eigenvalue weighted by Gasteiger charge is -2.10. The second-order valence-electron chi connectivity index (χ2n) is 5.06. The smallest absolute Gasteiger partial charge is 0.311 e. The van der Waals surface area contributed by atoms with Crippen molar-refractivity contribution in [2.24, 2.45) is 0 Å². The highest BCUT2D eigenvalue weighted by Crippen LogP contribution is 2.35. The fourth-order valence-electron chi connectivity index (χ4n) is 2.17. The van der Waals surface area contributed by atoms with E-state index in [0.717, 1.165) is 17.4 Å². The van der Waals surface area contributed by atoms with Gasteiger partial charge in [-0.1, -0.05) is 0 Å². The molecule has 1 amide bonds. The number of thiazole rings is 1. The molecule has 0 atom stereocenters. The van der Waals surface area contributed by atoms with Crippen molar-refractivity contribution in [3.05, 3.63) is 38.9 Å². The minimum Gasteiger partial charge on any atom is -0.493 e. The summed E-state index contributed by atoms with van der Waals surface area (Å²) in [5.74, 6) is -0.863. The number of amides is 1. The van der Waals surface area contributed by atoms with E-state index in [-0.39, 0.29) is 35.2 Å². The van der Waals surface area contributed by atoms with Gasteiger partial charge in [0.25, 0.3) is 11.6 Å². The van der Waals surface area contributed by atoms with Crippen LogP contribution in [0.5, 0.6) is 11.5 Å². The Hall–Kier alpha value is -3.21. The summed E-state index contributed by atoms with van der Waals surface area (Å²) in [5.41, 5.74) is -0.219. The predicted octanol–water partition coefficient (Wildman–Crippen LogP) is 2.43. The number of nitrogens with zero attached hydrogens (tertiary/aromatic N) is 2. The van der Waals surface area contributed by atoms with Crippen LogP contribution in [0.4, 0.5) is 10.8 Å². The predicted molar refractivity (Wildman–Crippen MR) is 96.6 cm³/mol. The summed E-state index contributed by atoms with van der Waals surface area (Å²) in [6, 6.07) is 2.33. The van der Waals surface area contributed by atoms with Gasteiger partial charge in [-0.2, -0.15) is 0 Å². The number of esters is 1. The third-order valence-electron chi connectivity index (χ3n) is 3.35. The van der Waals surface area contributed by atoms with Crippen LogP contribution in [0.25, 0.3) is 0 Å². The molecule has 0 bridgehead atoms. The molecule has 27 heavy (non-hydrogen) atoms. The van der Waals surface area contributed by atoms with Gasteiger partial charge in [-0.25, -0.2) is 4.98 Å². The molecule has 11 heteroatoms. The van der Waals surface area contributed by atoms with Crippen LogP contribution in [0.15, 0.2) is 17.5 Å².